The summed E-state index contributed by atoms with van der Waals surface area (Å²) in [5.41, 5.74) is 1.46. The Labute approximate surface area is 200 Å². The summed E-state index contributed by atoms with van der Waals surface area (Å²) in [6.07, 6.45) is -0.738. The van der Waals surface area contributed by atoms with Gasteiger partial charge in [-0.15, -0.1) is 0 Å². The zero-order valence-corrected chi connectivity index (χ0v) is 20.8. The normalized spacial score (nSPS) is 11.5. The number of rotatable bonds is 5. The van der Waals surface area contributed by atoms with Crippen LogP contribution in [-0.4, -0.2) is 53.7 Å². The van der Waals surface area contributed by atoms with E-state index in [1.165, 1.54) is 9.47 Å². The van der Waals surface area contributed by atoms with Gasteiger partial charge in [-0.25, -0.2) is 14.2 Å². The summed E-state index contributed by atoms with van der Waals surface area (Å²) in [6.45, 7) is 9.35. The number of carbonyl (C=O) groups excluding carboxylic acids is 3. The van der Waals surface area contributed by atoms with E-state index in [1.54, 1.807) is 47.0 Å². The fourth-order valence-corrected chi connectivity index (χ4v) is 3.51. The monoisotopic (exact) mass is 464 g/mol. The minimum absolute atomic E-state index is 0.109. The summed E-state index contributed by atoms with van der Waals surface area (Å²) in [5, 5.41) is 0.564. The molecule has 180 valence electrons. The second-order valence-corrected chi connectivity index (χ2v) is 9.86. The molecule has 0 aliphatic rings. The van der Waals surface area contributed by atoms with Crippen LogP contribution < -0.4 is 0 Å². The molecular weight excluding hydrogens is 432 g/mol. The van der Waals surface area contributed by atoms with Crippen molar-refractivity contribution < 1.29 is 23.9 Å². The lowest BCUT2D eigenvalue weighted by Gasteiger charge is -2.22. The number of ether oxygens (including phenoxy) is 2. The van der Waals surface area contributed by atoms with Crippen LogP contribution in [0.2, 0.25) is 0 Å². The summed E-state index contributed by atoms with van der Waals surface area (Å²) >= 11 is 0. The third-order valence-corrected chi connectivity index (χ3v) is 4.97. The lowest BCUT2D eigenvalue weighted by molar-refractivity contribution is 0.0460. The fraction of sp³-hybridized carbons (Fsp3) is 0.370. The van der Waals surface area contributed by atoms with Gasteiger partial charge in [0.05, 0.1) is 17.7 Å². The highest BCUT2D eigenvalue weighted by Gasteiger charge is 2.29. The largest absolute Gasteiger partial charge is 0.462 e. The quantitative estimate of drug-likeness (QED) is 0.459. The number of aromatic nitrogens is 1. The van der Waals surface area contributed by atoms with Crippen LogP contribution in [0.25, 0.3) is 22.0 Å². The maximum absolute atomic E-state index is 13.3. The molecule has 0 saturated carbocycles. The van der Waals surface area contributed by atoms with Crippen molar-refractivity contribution in [3.8, 4) is 11.1 Å². The SMILES string of the molecule is CC(C)COC(=O)c1cc(-c2ccccc2)cc2cc(C(=O)N(C)C)n(C(=O)OC(C)(C)C)c12. The van der Waals surface area contributed by atoms with Gasteiger partial charge in [0.15, 0.2) is 0 Å². The van der Waals surface area contributed by atoms with Gasteiger partial charge in [-0.05, 0) is 56.0 Å². The van der Waals surface area contributed by atoms with Crippen molar-refractivity contribution in [2.24, 2.45) is 5.92 Å². The lowest BCUT2D eigenvalue weighted by Crippen LogP contribution is -2.31. The summed E-state index contributed by atoms with van der Waals surface area (Å²) in [7, 11) is 3.21. The van der Waals surface area contributed by atoms with Gasteiger partial charge in [-0.1, -0.05) is 44.2 Å². The standard InChI is InChI=1S/C27H32N2O5/c1-17(2)16-33-25(31)21-14-19(18-11-9-8-10-12-18)13-20-15-22(24(30)28(6)7)29(23(20)21)26(32)34-27(3,4)5/h8-15,17H,16H2,1-7H3. The van der Waals surface area contributed by atoms with Crippen molar-refractivity contribution in [1.82, 2.24) is 9.47 Å². The third kappa shape index (κ3) is 5.47. The minimum Gasteiger partial charge on any atom is -0.462 e. The van der Waals surface area contributed by atoms with Crippen molar-refractivity contribution in [1.29, 1.82) is 0 Å². The molecule has 1 heterocycles. The van der Waals surface area contributed by atoms with Crippen molar-refractivity contribution in [3.05, 3.63) is 59.8 Å². The van der Waals surface area contributed by atoms with Gasteiger partial charge in [-0.2, -0.15) is 0 Å². The Morgan fingerprint density at radius 1 is 0.971 bits per heavy atom. The fourth-order valence-electron chi connectivity index (χ4n) is 3.51. The average Bonchev–Trinajstić information content (AvgIpc) is 3.15. The van der Waals surface area contributed by atoms with E-state index in [0.29, 0.717) is 5.39 Å². The molecule has 0 N–H and O–H groups in total. The Hall–Kier alpha value is -3.61. The molecule has 0 radical (unpaired) electrons. The van der Waals surface area contributed by atoms with Crippen LogP contribution in [-0.2, 0) is 9.47 Å². The number of amides is 1. The number of hydrogen-bond acceptors (Lipinski definition) is 5. The summed E-state index contributed by atoms with van der Waals surface area (Å²) in [6, 6.07) is 14.8. The van der Waals surface area contributed by atoms with E-state index in [-0.39, 0.29) is 35.2 Å². The topological polar surface area (TPSA) is 77.8 Å². The Bertz CT molecular complexity index is 1220. The van der Waals surface area contributed by atoms with E-state index < -0.39 is 17.7 Å². The van der Waals surface area contributed by atoms with Crippen LogP contribution in [0.15, 0.2) is 48.5 Å². The van der Waals surface area contributed by atoms with E-state index in [4.69, 9.17) is 9.47 Å². The van der Waals surface area contributed by atoms with Gasteiger partial charge in [0, 0.05) is 19.5 Å². The number of hydrogen-bond donors (Lipinski definition) is 0. The zero-order chi connectivity index (χ0) is 25.2. The van der Waals surface area contributed by atoms with Crippen LogP contribution in [0.5, 0.6) is 0 Å². The average molecular weight is 465 g/mol. The molecule has 7 heteroatoms. The molecule has 3 rings (SSSR count). The number of nitrogens with zero attached hydrogens (tertiary/aromatic N) is 2. The van der Waals surface area contributed by atoms with Crippen LogP contribution in [0.1, 0.15) is 55.5 Å². The number of carbonyl (C=O) groups is 3. The Balaban J connectivity index is 2.34. The molecule has 7 nitrogen and oxygen atoms in total. The highest BCUT2D eigenvalue weighted by molar-refractivity contribution is 6.11. The molecule has 1 aromatic heterocycles. The Morgan fingerprint density at radius 3 is 2.18 bits per heavy atom. The maximum Gasteiger partial charge on any atom is 0.419 e. The molecular formula is C27H32N2O5. The second kappa shape index (κ2) is 9.71. The van der Waals surface area contributed by atoms with Crippen LogP contribution >= 0.6 is 0 Å². The van der Waals surface area contributed by atoms with E-state index in [9.17, 15) is 14.4 Å². The first-order valence-electron chi connectivity index (χ1n) is 11.3. The molecule has 34 heavy (non-hydrogen) atoms. The molecule has 3 aromatic rings. The van der Waals surface area contributed by atoms with Gasteiger partial charge in [0.25, 0.3) is 5.91 Å². The molecule has 1 amide bonds. The lowest BCUT2D eigenvalue weighted by atomic mass is 10.0. The molecule has 0 saturated heterocycles. The van der Waals surface area contributed by atoms with Crippen molar-refractivity contribution in [2.75, 3.05) is 20.7 Å². The van der Waals surface area contributed by atoms with E-state index in [0.717, 1.165) is 11.1 Å². The van der Waals surface area contributed by atoms with E-state index >= 15 is 0 Å². The Kier molecular flexibility index (Phi) is 7.15. The highest BCUT2D eigenvalue weighted by atomic mass is 16.6. The molecule has 0 aliphatic carbocycles. The molecule has 0 spiro atoms. The summed E-state index contributed by atoms with van der Waals surface area (Å²) in [5.74, 6) is -0.812. The van der Waals surface area contributed by atoms with Gasteiger partial charge in [0.2, 0.25) is 0 Å². The van der Waals surface area contributed by atoms with Crippen molar-refractivity contribution in [2.45, 2.75) is 40.2 Å². The van der Waals surface area contributed by atoms with Crippen LogP contribution in [0, 0.1) is 5.92 Å². The first kappa shape index (κ1) is 25.0. The number of benzene rings is 2. The van der Waals surface area contributed by atoms with Gasteiger partial charge < -0.3 is 14.4 Å². The zero-order valence-electron chi connectivity index (χ0n) is 20.8. The van der Waals surface area contributed by atoms with Gasteiger partial charge in [-0.3, -0.25) is 4.79 Å². The molecule has 0 aliphatic heterocycles. The molecule has 0 atom stereocenters. The minimum atomic E-state index is -0.797. The van der Waals surface area contributed by atoms with Crippen LogP contribution in [0.4, 0.5) is 4.79 Å². The summed E-state index contributed by atoms with van der Waals surface area (Å²) < 4.78 is 12.3. The first-order chi connectivity index (χ1) is 15.9. The molecule has 2 aromatic carbocycles. The number of esters is 1. The van der Waals surface area contributed by atoms with Crippen LogP contribution in [0.3, 0.4) is 0 Å². The highest BCUT2D eigenvalue weighted by Crippen LogP contribution is 2.32. The van der Waals surface area contributed by atoms with Crippen molar-refractivity contribution >= 4 is 28.9 Å². The Morgan fingerprint density at radius 2 is 1.62 bits per heavy atom. The third-order valence-electron chi connectivity index (χ3n) is 4.97. The maximum atomic E-state index is 13.3. The predicted octanol–water partition coefficient (Wildman–Crippen LogP) is 5.61. The first-order valence-corrected chi connectivity index (χ1v) is 11.3. The van der Waals surface area contributed by atoms with E-state index in [1.807, 2.05) is 50.2 Å². The second-order valence-electron chi connectivity index (χ2n) is 9.86. The van der Waals surface area contributed by atoms with Gasteiger partial charge >= 0.3 is 12.1 Å². The molecule has 0 bridgehead atoms. The predicted molar refractivity (Wildman–Crippen MR) is 132 cm³/mol. The van der Waals surface area contributed by atoms with E-state index in [2.05, 4.69) is 0 Å². The van der Waals surface area contributed by atoms with Crippen molar-refractivity contribution in [3.63, 3.8) is 0 Å². The van der Waals surface area contributed by atoms with Gasteiger partial charge in [0.1, 0.15) is 11.3 Å². The summed E-state index contributed by atoms with van der Waals surface area (Å²) in [4.78, 5) is 40.9. The molecule has 0 unspecified atom stereocenters. The number of fused-ring (bicyclic) bond motifs is 1. The smallest absolute Gasteiger partial charge is 0.419 e. The molecule has 0 fully saturated rings.